The highest BCUT2D eigenvalue weighted by molar-refractivity contribution is 7.90. The van der Waals surface area contributed by atoms with Crippen molar-refractivity contribution in [2.45, 2.75) is 75.7 Å². The second kappa shape index (κ2) is 14.7. The molecule has 15 heteroatoms. The first-order chi connectivity index (χ1) is 23.9. The molecule has 4 atom stereocenters. The maximum atomic E-state index is 14.3. The number of sulfonamides is 1. The van der Waals surface area contributed by atoms with Crippen LogP contribution >= 0.6 is 11.6 Å². The van der Waals surface area contributed by atoms with Crippen molar-refractivity contribution in [2.24, 2.45) is 11.8 Å². The van der Waals surface area contributed by atoms with Crippen molar-refractivity contribution in [1.82, 2.24) is 30.1 Å². The predicted octanol–water partition coefficient (Wildman–Crippen LogP) is 3.95. The number of aromatic amines is 1. The first kappa shape index (κ1) is 37.8. The molecule has 2 aliphatic rings. The molecular formula is C36H45ClN6O7S. The minimum absolute atomic E-state index is 0.0545. The Labute approximate surface area is 303 Å². The van der Waals surface area contributed by atoms with E-state index in [4.69, 9.17) is 16.3 Å². The number of hydrogen-bond acceptors (Lipinski definition) is 8. The highest BCUT2D eigenvalue weighted by Crippen LogP contribution is 2.45. The number of aromatic nitrogens is 1. The third kappa shape index (κ3) is 8.57. The van der Waals surface area contributed by atoms with E-state index in [1.165, 1.54) is 17.0 Å². The number of nitrogens with one attached hydrogen (secondary N) is 4. The number of carbonyl (C=O) groups excluding carboxylic acids is 4. The third-order valence-corrected chi connectivity index (χ3v) is 10.8. The average molecular weight is 741 g/mol. The van der Waals surface area contributed by atoms with Crippen molar-refractivity contribution in [3.63, 3.8) is 0 Å². The van der Waals surface area contributed by atoms with E-state index in [1.54, 1.807) is 71.1 Å². The molecule has 0 unspecified atom stereocenters. The van der Waals surface area contributed by atoms with Crippen LogP contribution in [0.5, 0.6) is 0 Å². The molecule has 1 saturated heterocycles. The Morgan fingerprint density at radius 3 is 2.43 bits per heavy atom. The Kier molecular flexibility index (Phi) is 10.9. The average Bonchev–Trinajstić information content (AvgIpc) is 3.56. The number of nitrogens with zero attached hydrogens (tertiary/aromatic N) is 2. The molecule has 1 saturated carbocycles. The molecule has 1 aromatic heterocycles. The molecule has 0 bridgehead atoms. The number of alkyl carbamates (subject to hydrolysis) is 1. The molecule has 0 spiro atoms. The number of fused-ring (bicyclic) bond motifs is 1. The number of piperazine rings is 1. The van der Waals surface area contributed by atoms with Gasteiger partial charge in [0.25, 0.3) is 15.9 Å². The minimum atomic E-state index is -4.34. The number of amides is 4. The van der Waals surface area contributed by atoms with E-state index >= 15 is 0 Å². The van der Waals surface area contributed by atoms with E-state index in [1.807, 2.05) is 17.0 Å². The number of halogens is 1. The third-order valence-electron chi connectivity index (χ3n) is 9.13. The highest BCUT2D eigenvalue weighted by atomic mass is 35.5. The van der Waals surface area contributed by atoms with Crippen molar-refractivity contribution in [1.29, 1.82) is 0 Å². The lowest BCUT2D eigenvalue weighted by atomic mass is 10.0. The second-order valence-corrected chi connectivity index (χ2v) is 16.5. The van der Waals surface area contributed by atoms with Gasteiger partial charge in [0.1, 0.15) is 28.1 Å². The number of para-hydroxylation sites is 1. The van der Waals surface area contributed by atoms with Crippen LogP contribution in [0.2, 0.25) is 5.02 Å². The van der Waals surface area contributed by atoms with E-state index < -0.39 is 57.1 Å². The van der Waals surface area contributed by atoms with Crippen LogP contribution in [0, 0.1) is 11.8 Å². The maximum Gasteiger partial charge on any atom is 0.408 e. The molecule has 274 valence electrons. The van der Waals surface area contributed by atoms with Crippen LogP contribution in [0.3, 0.4) is 0 Å². The van der Waals surface area contributed by atoms with Crippen molar-refractivity contribution in [3.8, 4) is 0 Å². The Morgan fingerprint density at radius 1 is 1.10 bits per heavy atom. The van der Waals surface area contributed by atoms with Gasteiger partial charge in [-0.05, 0) is 62.9 Å². The summed E-state index contributed by atoms with van der Waals surface area (Å²) < 4.78 is 34.6. The van der Waals surface area contributed by atoms with Gasteiger partial charge >= 0.3 is 6.09 Å². The fraction of sp³-hybridized carbons (Fsp3) is 0.444. The van der Waals surface area contributed by atoms with E-state index in [0.29, 0.717) is 29.0 Å². The lowest BCUT2D eigenvalue weighted by Crippen LogP contribution is -2.64. The SMILES string of the molecule is C=C[C@@H]1C[C@]1(NC(=O)[C@H]1CN(C(=O)[C@@H](NC(=O)OC(C)(C)C)C(C)C)CCN1Cc1ccc(Cl)cc1)C(=O)NS(=O)(=O)c1cccc2cc[nH]c12. The van der Waals surface area contributed by atoms with Gasteiger partial charge in [-0.15, -0.1) is 6.58 Å². The normalized spacial score (nSPS) is 21.5. The summed E-state index contributed by atoms with van der Waals surface area (Å²) in [6.07, 6.45) is 2.52. The van der Waals surface area contributed by atoms with Gasteiger partial charge in [-0.2, -0.15) is 0 Å². The smallest absolute Gasteiger partial charge is 0.408 e. The summed E-state index contributed by atoms with van der Waals surface area (Å²) in [7, 11) is -4.34. The molecular weight excluding hydrogens is 696 g/mol. The van der Waals surface area contributed by atoms with E-state index in [-0.39, 0.29) is 36.2 Å². The number of hydrogen-bond donors (Lipinski definition) is 4. The maximum absolute atomic E-state index is 14.3. The molecule has 5 rings (SSSR count). The van der Waals surface area contributed by atoms with E-state index in [9.17, 15) is 27.6 Å². The first-order valence-corrected chi connectivity index (χ1v) is 18.6. The summed E-state index contributed by atoms with van der Waals surface area (Å²) in [6.45, 7) is 13.4. The summed E-state index contributed by atoms with van der Waals surface area (Å²) in [5.41, 5.74) is -1.13. The lowest BCUT2D eigenvalue weighted by Gasteiger charge is -2.42. The number of ether oxygens (including phenoxy) is 1. The van der Waals surface area contributed by atoms with E-state index in [0.717, 1.165) is 5.56 Å². The zero-order valence-electron chi connectivity index (χ0n) is 29.4. The van der Waals surface area contributed by atoms with Crippen LogP contribution < -0.4 is 15.4 Å². The zero-order valence-corrected chi connectivity index (χ0v) is 30.9. The molecule has 1 aliphatic heterocycles. The molecule has 4 N–H and O–H groups in total. The Hall–Kier alpha value is -4.40. The van der Waals surface area contributed by atoms with Crippen molar-refractivity contribution >= 4 is 56.3 Å². The number of H-pyrrole nitrogens is 1. The van der Waals surface area contributed by atoms with Gasteiger partial charge in [-0.1, -0.05) is 55.8 Å². The molecule has 2 fully saturated rings. The van der Waals surface area contributed by atoms with Gasteiger partial charge in [0.05, 0.1) is 5.52 Å². The molecule has 1 aliphatic carbocycles. The summed E-state index contributed by atoms with van der Waals surface area (Å²) in [6, 6.07) is 11.7. The predicted molar refractivity (Wildman–Crippen MR) is 193 cm³/mol. The summed E-state index contributed by atoms with van der Waals surface area (Å²) in [4.78, 5) is 60.9. The summed E-state index contributed by atoms with van der Waals surface area (Å²) >= 11 is 6.11. The van der Waals surface area contributed by atoms with Gasteiger partial charge in [-0.25, -0.2) is 17.9 Å². The quantitative estimate of drug-likeness (QED) is 0.214. The second-order valence-electron chi connectivity index (χ2n) is 14.4. The van der Waals surface area contributed by atoms with Crippen LogP contribution in [-0.2, 0) is 35.7 Å². The van der Waals surface area contributed by atoms with Crippen molar-refractivity contribution in [3.05, 3.63) is 78.0 Å². The standard InChI is InChI=1S/C36H45ClN6O7S/c1-7-25-19-36(25,33(46)41-51(48,49)28-10-8-9-24-15-16-38-30(24)28)40-31(44)27-21-43(18-17-42(27)20-23-11-13-26(37)14-12-23)32(45)29(22(2)3)39-34(47)50-35(4,5)6/h7-16,22,25,27,29,38H,1,17-21H2,2-6H3,(H,39,47)(H,40,44)(H,41,46)/t25-,27-,29+,36-/m1/s1. The first-order valence-electron chi connectivity index (χ1n) is 16.8. The Morgan fingerprint density at radius 2 is 1.80 bits per heavy atom. The van der Waals surface area contributed by atoms with Crippen LogP contribution in [-0.4, -0.2) is 89.9 Å². The van der Waals surface area contributed by atoms with Gasteiger partial charge in [0.15, 0.2) is 0 Å². The van der Waals surface area contributed by atoms with Crippen LogP contribution in [0.1, 0.15) is 46.6 Å². The monoisotopic (exact) mass is 740 g/mol. The fourth-order valence-electron chi connectivity index (χ4n) is 6.31. The topological polar surface area (TPSA) is 170 Å². The largest absolute Gasteiger partial charge is 0.444 e. The van der Waals surface area contributed by atoms with Gasteiger partial charge in [0.2, 0.25) is 11.8 Å². The zero-order chi connectivity index (χ0) is 37.3. The van der Waals surface area contributed by atoms with Crippen molar-refractivity contribution < 1.29 is 32.3 Å². The summed E-state index contributed by atoms with van der Waals surface area (Å²) in [5, 5.41) is 6.75. The van der Waals surface area contributed by atoms with Gasteiger partial charge in [-0.3, -0.25) is 19.3 Å². The molecule has 13 nitrogen and oxygen atoms in total. The molecule has 4 amide bonds. The van der Waals surface area contributed by atoms with E-state index in [2.05, 4.69) is 26.9 Å². The number of rotatable bonds is 11. The van der Waals surface area contributed by atoms with Crippen molar-refractivity contribution in [2.75, 3.05) is 19.6 Å². The molecule has 51 heavy (non-hydrogen) atoms. The highest BCUT2D eigenvalue weighted by Gasteiger charge is 2.61. The van der Waals surface area contributed by atoms with Crippen LogP contribution in [0.4, 0.5) is 4.79 Å². The number of benzene rings is 2. The molecule has 2 heterocycles. The molecule has 2 aromatic carbocycles. The Bertz CT molecular complexity index is 1920. The molecule has 0 radical (unpaired) electrons. The molecule has 3 aromatic rings. The summed E-state index contributed by atoms with van der Waals surface area (Å²) in [5.74, 6) is -2.67. The van der Waals surface area contributed by atoms with Gasteiger partial charge in [0, 0.05) is 48.7 Å². The van der Waals surface area contributed by atoms with Crippen LogP contribution in [0.25, 0.3) is 10.9 Å². The minimum Gasteiger partial charge on any atom is -0.444 e. The van der Waals surface area contributed by atoms with Gasteiger partial charge < -0.3 is 25.3 Å². The lowest BCUT2D eigenvalue weighted by molar-refractivity contribution is -0.142. The number of carbonyl (C=O) groups is 4. The fourth-order valence-corrected chi connectivity index (χ4v) is 7.68. The Balaban J connectivity index is 1.39. The van der Waals surface area contributed by atoms with Crippen LogP contribution in [0.15, 0.2) is 72.3 Å².